The molecule has 9 nitrogen and oxygen atoms in total. The fourth-order valence-electron chi connectivity index (χ4n) is 4.84. The Morgan fingerprint density at radius 2 is 1.61 bits per heavy atom. The van der Waals surface area contributed by atoms with E-state index in [1.807, 2.05) is 51.1 Å². The van der Waals surface area contributed by atoms with E-state index in [1.54, 1.807) is 32.9 Å². The monoisotopic (exact) mass is 628 g/mol. The van der Waals surface area contributed by atoms with Gasteiger partial charge < -0.3 is 26.0 Å². The smallest absolute Gasteiger partial charge is 0.408 e. The number of halogens is 1. The Bertz CT molecular complexity index is 1270. The minimum Gasteiger partial charge on any atom is -0.444 e. The summed E-state index contributed by atoms with van der Waals surface area (Å²) in [5, 5.41) is 5.99. The van der Waals surface area contributed by atoms with Crippen molar-refractivity contribution in [3.8, 4) is 0 Å². The third-order valence-corrected chi connectivity index (χ3v) is 7.57. The number of rotatable bonds is 14. The molecule has 0 radical (unpaired) electrons. The van der Waals surface area contributed by atoms with E-state index in [0.29, 0.717) is 28.6 Å². The summed E-state index contributed by atoms with van der Waals surface area (Å²) in [5.74, 6) is -1.25. The van der Waals surface area contributed by atoms with Gasteiger partial charge in [-0.05, 0) is 89.0 Å². The Morgan fingerprint density at radius 1 is 0.977 bits per heavy atom. The lowest BCUT2D eigenvalue weighted by Gasteiger charge is -2.39. The van der Waals surface area contributed by atoms with Crippen molar-refractivity contribution in [1.29, 1.82) is 0 Å². The van der Waals surface area contributed by atoms with Crippen LogP contribution in [0.5, 0.6) is 0 Å². The quantitative estimate of drug-likeness (QED) is 0.214. The van der Waals surface area contributed by atoms with Crippen molar-refractivity contribution in [2.75, 3.05) is 5.32 Å². The molecule has 0 aliphatic rings. The molecule has 242 valence electrons. The van der Waals surface area contributed by atoms with Gasteiger partial charge in [0.05, 0.1) is 10.7 Å². The van der Waals surface area contributed by atoms with Gasteiger partial charge in [-0.15, -0.1) is 0 Å². The van der Waals surface area contributed by atoms with Gasteiger partial charge >= 0.3 is 6.09 Å². The fraction of sp³-hybridized carbons (Fsp3) is 0.529. The maximum Gasteiger partial charge on any atom is 0.408 e. The standard InChI is InChI=1S/C34H49ClN4O5/c1-9-24-15-17-25(18-16-24)30(31(41)38-29-22(4)11-10-12-26(29)35)39(23(5)14-13-21(2)3)32(42)27(19-20-28(36)40)37-33(43)44-34(6,7)8/h10-12,15-18,21,23,27,30H,9,13-14,19-20H2,1-8H3,(H2,36,40)(H,37,43)(H,38,41). The first-order valence-corrected chi connectivity index (χ1v) is 15.7. The lowest BCUT2D eigenvalue weighted by atomic mass is 9.95. The molecule has 0 aliphatic heterocycles. The second-order valence-electron chi connectivity index (χ2n) is 12.7. The molecule has 3 unspecified atom stereocenters. The number of aryl methyl sites for hydroxylation is 2. The number of primary amides is 1. The molecule has 10 heteroatoms. The van der Waals surface area contributed by atoms with Crippen LogP contribution < -0.4 is 16.4 Å². The Balaban J connectivity index is 2.69. The van der Waals surface area contributed by atoms with Gasteiger partial charge in [0.15, 0.2) is 0 Å². The molecule has 0 saturated carbocycles. The van der Waals surface area contributed by atoms with Gasteiger partial charge in [0, 0.05) is 12.5 Å². The highest BCUT2D eigenvalue weighted by Gasteiger charge is 2.39. The van der Waals surface area contributed by atoms with E-state index in [0.717, 1.165) is 24.0 Å². The van der Waals surface area contributed by atoms with Gasteiger partial charge in [0.25, 0.3) is 5.91 Å². The predicted molar refractivity (Wildman–Crippen MR) is 175 cm³/mol. The third kappa shape index (κ3) is 11.2. The number of carbonyl (C=O) groups excluding carboxylic acids is 4. The average Bonchev–Trinajstić information content (AvgIpc) is 2.93. The molecule has 2 rings (SSSR count). The SMILES string of the molecule is CCc1ccc(C(C(=O)Nc2c(C)cccc2Cl)N(C(=O)C(CCC(N)=O)NC(=O)OC(C)(C)C)C(C)CCC(C)C)cc1. The van der Waals surface area contributed by atoms with Gasteiger partial charge in [-0.25, -0.2) is 4.79 Å². The van der Waals surface area contributed by atoms with Crippen LogP contribution in [0.15, 0.2) is 42.5 Å². The number of hydrogen-bond donors (Lipinski definition) is 3. The number of nitrogens with zero attached hydrogens (tertiary/aromatic N) is 1. The fourth-order valence-corrected chi connectivity index (χ4v) is 5.11. The largest absolute Gasteiger partial charge is 0.444 e. The van der Waals surface area contributed by atoms with Gasteiger partial charge in [-0.1, -0.05) is 68.8 Å². The maximum atomic E-state index is 14.6. The number of hydrogen-bond acceptors (Lipinski definition) is 5. The van der Waals surface area contributed by atoms with Crippen LogP contribution in [0.1, 0.15) is 96.9 Å². The van der Waals surface area contributed by atoms with Gasteiger partial charge in [-0.2, -0.15) is 0 Å². The summed E-state index contributed by atoms with van der Waals surface area (Å²) < 4.78 is 5.44. The normalized spacial score (nSPS) is 13.5. The van der Waals surface area contributed by atoms with E-state index in [9.17, 15) is 19.2 Å². The number of para-hydroxylation sites is 1. The minimum atomic E-state index is -1.17. The number of amides is 4. The first kappa shape index (κ1) is 36.6. The van der Waals surface area contributed by atoms with Crippen molar-refractivity contribution in [3.63, 3.8) is 0 Å². The lowest BCUT2D eigenvalue weighted by molar-refractivity contribution is -0.143. The van der Waals surface area contributed by atoms with E-state index in [4.69, 9.17) is 22.1 Å². The average molecular weight is 629 g/mol. The van der Waals surface area contributed by atoms with Crippen molar-refractivity contribution < 1.29 is 23.9 Å². The molecule has 2 aromatic rings. The number of carbonyl (C=O) groups is 4. The summed E-state index contributed by atoms with van der Waals surface area (Å²) in [5.41, 5.74) is 7.52. The van der Waals surface area contributed by atoms with Crippen molar-refractivity contribution >= 4 is 41.1 Å². The Morgan fingerprint density at radius 3 is 2.14 bits per heavy atom. The van der Waals surface area contributed by atoms with E-state index in [-0.39, 0.29) is 12.8 Å². The van der Waals surface area contributed by atoms with Gasteiger partial charge in [0.1, 0.15) is 17.7 Å². The molecular formula is C34H49ClN4O5. The maximum absolute atomic E-state index is 14.6. The molecule has 4 N–H and O–H groups in total. The van der Waals surface area contributed by atoms with Crippen LogP contribution in [0.3, 0.4) is 0 Å². The molecule has 0 fully saturated rings. The Labute approximate surface area is 267 Å². The van der Waals surface area contributed by atoms with Crippen LogP contribution in [0.2, 0.25) is 5.02 Å². The van der Waals surface area contributed by atoms with E-state index in [2.05, 4.69) is 24.5 Å². The molecule has 0 bridgehead atoms. The van der Waals surface area contributed by atoms with Crippen LogP contribution in [-0.2, 0) is 25.5 Å². The van der Waals surface area contributed by atoms with Crippen LogP contribution in [0.4, 0.5) is 10.5 Å². The van der Waals surface area contributed by atoms with Crippen LogP contribution in [0, 0.1) is 12.8 Å². The predicted octanol–water partition coefficient (Wildman–Crippen LogP) is 6.70. The second kappa shape index (κ2) is 16.5. The van der Waals surface area contributed by atoms with Crippen LogP contribution >= 0.6 is 11.6 Å². The van der Waals surface area contributed by atoms with E-state index >= 15 is 0 Å². The van der Waals surface area contributed by atoms with Crippen molar-refractivity contribution in [2.24, 2.45) is 11.7 Å². The minimum absolute atomic E-state index is 0.0620. The number of anilines is 1. The lowest BCUT2D eigenvalue weighted by Crippen LogP contribution is -2.55. The summed E-state index contributed by atoms with van der Waals surface area (Å²) in [6.45, 7) is 15.1. The van der Waals surface area contributed by atoms with E-state index in [1.165, 1.54) is 4.90 Å². The molecule has 2 aromatic carbocycles. The van der Waals surface area contributed by atoms with Crippen LogP contribution in [-0.4, -0.2) is 46.4 Å². The number of nitrogens with one attached hydrogen (secondary N) is 2. The topological polar surface area (TPSA) is 131 Å². The number of nitrogens with two attached hydrogens (primary N) is 1. The van der Waals surface area contributed by atoms with Crippen LogP contribution in [0.25, 0.3) is 0 Å². The van der Waals surface area contributed by atoms with E-state index < -0.39 is 47.5 Å². The highest BCUT2D eigenvalue weighted by atomic mass is 35.5. The summed E-state index contributed by atoms with van der Waals surface area (Å²) >= 11 is 6.48. The molecule has 44 heavy (non-hydrogen) atoms. The number of ether oxygens (including phenoxy) is 1. The second-order valence-corrected chi connectivity index (χ2v) is 13.1. The highest BCUT2D eigenvalue weighted by Crippen LogP contribution is 2.32. The van der Waals surface area contributed by atoms with Crippen molar-refractivity contribution in [1.82, 2.24) is 10.2 Å². The molecule has 0 aromatic heterocycles. The molecular weight excluding hydrogens is 580 g/mol. The Hall–Kier alpha value is -3.59. The van der Waals surface area contributed by atoms with Gasteiger partial charge in [-0.3, -0.25) is 14.4 Å². The summed E-state index contributed by atoms with van der Waals surface area (Å²) in [6, 6.07) is 10.2. The molecule has 3 atom stereocenters. The molecule has 0 saturated heterocycles. The molecule has 0 spiro atoms. The zero-order valence-corrected chi connectivity index (χ0v) is 28.1. The summed E-state index contributed by atoms with van der Waals surface area (Å²) in [4.78, 5) is 55.1. The summed E-state index contributed by atoms with van der Waals surface area (Å²) in [7, 11) is 0. The number of benzene rings is 2. The summed E-state index contributed by atoms with van der Waals surface area (Å²) in [6.07, 6.45) is 1.17. The first-order chi connectivity index (χ1) is 20.5. The zero-order valence-electron chi connectivity index (χ0n) is 27.3. The molecule has 4 amide bonds. The zero-order chi connectivity index (χ0) is 33.2. The highest BCUT2D eigenvalue weighted by molar-refractivity contribution is 6.34. The van der Waals surface area contributed by atoms with Crippen molar-refractivity contribution in [3.05, 3.63) is 64.2 Å². The number of alkyl carbamates (subject to hydrolysis) is 1. The first-order valence-electron chi connectivity index (χ1n) is 15.3. The molecule has 0 heterocycles. The van der Waals surface area contributed by atoms with Gasteiger partial charge in [0.2, 0.25) is 11.8 Å². The van der Waals surface area contributed by atoms with Crippen molar-refractivity contribution in [2.45, 2.75) is 111 Å². The Kier molecular flexibility index (Phi) is 13.7. The molecule has 0 aliphatic carbocycles. The third-order valence-electron chi connectivity index (χ3n) is 7.26.